The van der Waals surface area contributed by atoms with Gasteiger partial charge in [0.05, 0.1) is 0 Å². The maximum absolute atomic E-state index is 6.05. The second kappa shape index (κ2) is 6.35. The first kappa shape index (κ1) is 15.0. The Morgan fingerprint density at radius 3 is 2.74 bits per heavy atom. The molecule has 4 heteroatoms. The van der Waals surface area contributed by atoms with Crippen LogP contribution in [0.4, 0.5) is 0 Å². The summed E-state index contributed by atoms with van der Waals surface area (Å²) in [6.07, 6.45) is 0. The lowest BCUT2D eigenvalue weighted by atomic mass is 10.0. The van der Waals surface area contributed by atoms with Crippen molar-refractivity contribution in [2.24, 2.45) is 5.73 Å². The Kier molecular flexibility index (Phi) is 5.01. The first-order chi connectivity index (χ1) is 9.02. The molecule has 1 aromatic carbocycles. The molecule has 1 aliphatic rings. The van der Waals surface area contributed by atoms with E-state index in [0.29, 0.717) is 18.6 Å². The number of nitrogens with zero attached hydrogens (tertiary/aromatic N) is 2. The van der Waals surface area contributed by atoms with E-state index in [9.17, 15) is 0 Å². The van der Waals surface area contributed by atoms with Crippen LogP contribution in [0.1, 0.15) is 24.1 Å². The van der Waals surface area contributed by atoms with Gasteiger partial charge >= 0.3 is 0 Å². The third kappa shape index (κ3) is 3.37. The van der Waals surface area contributed by atoms with Crippen LogP contribution in [0, 0.1) is 6.92 Å². The summed E-state index contributed by atoms with van der Waals surface area (Å²) in [4.78, 5) is 4.93. The number of nitrogens with two attached hydrogens (primary N) is 1. The van der Waals surface area contributed by atoms with E-state index < -0.39 is 0 Å². The van der Waals surface area contributed by atoms with Crippen molar-refractivity contribution in [2.75, 3.05) is 33.2 Å². The van der Waals surface area contributed by atoms with Crippen molar-refractivity contribution in [3.8, 4) is 0 Å². The van der Waals surface area contributed by atoms with Gasteiger partial charge in [0.2, 0.25) is 0 Å². The van der Waals surface area contributed by atoms with Gasteiger partial charge in [-0.2, -0.15) is 0 Å². The highest BCUT2D eigenvalue weighted by Crippen LogP contribution is 2.27. The monoisotopic (exact) mass is 325 g/mol. The average molecular weight is 326 g/mol. The number of hydrogen-bond donors (Lipinski definition) is 1. The van der Waals surface area contributed by atoms with Crippen LogP contribution in [0.2, 0.25) is 0 Å². The molecule has 0 radical (unpaired) electrons. The zero-order valence-corrected chi connectivity index (χ0v) is 13.7. The molecule has 106 valence electrons. The molecule has 0 aromatic heterocycles. The molecule has 0 saturated carbocycles. The van der Waals surface area contributed by atoms with Gasteiger partial charge in [-0.05, 0) is 38.1 Å². The van der Waals surface area contributed by atoms with Crippen LogP contribution in [0.25, 0.3) is 0 Å². The summed E-state index contributed by atoms with van der Waals surface area (Å²) >= 11 is 3.56. The topological polar surface area (TPSA) is 32.5 Å². The Labute approximate surface area is 124 Å². The van der Waals surface area contributed by atoms with E-state index in [0.717, 1.165) is 19.6 Å². The normalized spacial score (nSPS) is 23.5. The predicted molar refractivity (Wildman–Crippen MR) is 84.3 cm³/mol. The molecule has 1 fully saturated rings. The molecular weight excluding hydrogens is 302 g/mol. The second-order valence-electron chi connectivity index (χ2n) is 5.61. The molecule has 0 bridgehead atoms. The SMILES string of the molecule is Cc1cc(C(CN)N2CCN(C)CC2C)ccc1Br. The lowest BCUT2D eigenvalue weighted by Crippen LogP contribution is -2.52. The Balaban J connectivity index is 2.21. The van der Waals surface area contributed by atoms with Gasteiger partial charge in [-0.25, -0.2) is 0 Å². The summed E-state index contributed by atoms with van der Waals surface area (Å²) in [5.41, 5.74) is 8.66. The molecule has 0 aliphatic carbocycles. The number of likely N-dealkylation sites (N-methyl/N-ethyl adjacent to an activating group) is 1. The van der Waals surface area contributed by atoms with Crippen molar-refractivity contribution in [3.05, 3.63) is 33.8 Å². The van der Waals surface area contributed by atoms with Crippen molar-refractivity contribution in [1.82, 2.24) is 9.80 Å². The Morgan fingerprint density at radius 2 is 2.16 bits per heavy atom. The van der Waals surface area contributed by atoms with Crippen LogP contribution in [0.3, 0.4) is 0 Å². The molecule has 2 N–H and O–H groups in total. The predicted octanol–water partition coefficient (Wildman–Crippen LogP) is 2.39. The molecule has 19 heavy (non-hydrogen) atoms. The van der Waals surface area contributed by atoms with Gasteiger partial charge in [-0.3, -0.25) is 4.90 Å². The van der Waals surface area contributed by atoms with Crippen LogP contribution < -0.4 is 5.73 Å². The smallest absolute Gasteiger partial charge is 0.0474 e. The number of halogens is 1. The highest BCUT2D eigenvalue weighted by Gasteiger charge is 2.28. The zero-order chi connectivity index (χ0) is 14.0. The van der Waals surface area contributed by atoms with Crippen molar-refractivity contribution in [2.45, 2.75) is 25.9 Å². The van der Waals surface area contributed by atoms with Gasteiger partial charge in [0.25, 0.3) is 0 Å². The highest BCUT2D eigenvalue weighted by atomic mass is 79.9. The van der Waals surface area contributed by atoms with E-state index in [1.807, 2.05) is 0 Å². The van der Waals surface area contributed by atoms with Crippen molar-refractivity contribution >= 4 is 15.9 Å². The fourth-order valence-corrected chi connectivity index (χ4v) is 3.20. The van der Waals surface area contributed by atoms with Gasteiger partial charge in [0, 0.05) is 42.7 Å². The molecule has 1 aromatic rings. The van der Waals surface area contributed by atoms with Crippen LogP contribution in [0.15, 0.2) is 22.7 Å². The molecule has 1 aliphatic heterocycles. The standard InChI is InChI=1S/C15H24BrN3/c1-11-8-13(4-5-14(11)16)15(9-17)19-7-6-18(3)10-12(19)2/h4-5,8,12,15H,6-7,9-10,17H2,1-3H3. The minimum atomic E-state index is 0.329. The summed E-state index contributed by atoms with van der Waals surface area (Å²) in [7, 11) is 2.19. The van der Waals surface area contributed by atoms with E-state index in [2.05, 4.69) is 64.8 Å². The van der Waals surface area contributed by atoms with E-state index >= 15 is 0 Å². The Morgan fingerprint density at radius 1 is 1.42 bits per heavy atom. The molecule has 3 nitrogen and oxygen atoms in total. The summed E-state index contributed by atoms with van der Waals surface area (Å²) < 4.78 is 1.17. The molecule has 1 heterocycles. The van der Waals surface area contributed by atoms with Crippen LogP contribution in [-0.4, -0.2) is 49.1 Å². The number of aryl methyl sites for hydroxylation is 1. The zero-order valence-electron chi connectivity index (χ0n) is 12.1. The van der Waals surface area contributed by atoms with Crippen LogP contribution >= 0.6 is 15.9 Å². The number of benzene rings is 1. The van der Waals surface area contributed by atoms with E-state index in [1.54, 1.807) is 0 Å². The fourth-order valence-electron chi connectivity index (χ4n) is 2.95. The highest BCUT2D eigenvalue weighted by molar-refractivity contribution is 9.10. The summed E-state index contributed by atoms with van der Waals surface area (Å²) in [5, 5.41) is 0. The van der Waals surface area contributed by atoms with Crippen molar-refractivity contribution in [1.29, 1.82) is 0 Å². The first-order valence-corrected chi connectivity index (χ1v) is 7.72. The van der Waals surface area contributed by atoms with Gasteiger partial charge in [0.1, 0.15) is 0 Å². The first-order valence-electron chi connectivity index (χ1n) is 6.93. The number of hydrogen-bond acceptors (Lipinski definition) is 3. The van der Waals surface area contributed by atoms with Crippen molar-refractivity contribution in [3.63, 3.8) is 0 Å². The van der Waals surface area contributed by atoms with E-state index in [4.69, 9.17) is 5.73 Å². The van der Waals surface area contributed by atoms with Crippen LogP contribution in [0.5, 0.6) is 0 Å². The van der Waals surface area contributed by atoms with Gasteiger partial charge in [-0.1, -0.05) is 28.1 Å². The summed E-state index contributed by atoms with van der Waals surface area (Å²) in [6.45, 7) is 8.44. The average Bonchev–Trinajstić information content (AvgIpc) is 2.37. The third-order valence-electron chi connectivity index (χ3n) is 4.07. The fraction of sp³-hybridized carbons (Fsp3) is 0.600. The maximum atomic E-state index is 6.05. The van der Waals surface area contributed by atoms with Gasteiger partial charge in [-0.15, -0.1) is 0 Å². The largest absolute Gasteiger partial charge is 0.329 e. The third-order valence-corrected chi connectivity index (χ3v) is 4.96. The Bertz CT molecular complexity index is 435. The van der Waals surface area contributed by atoms with Gasteiger partial charge < -0.3 is 10.6 Å². The van der Waals surface area contributed by atoms with E-state index in [-0.39, 0.29) is 0 Å². The number of rotatable bonds is 3. The lowest BCUT2D eigenvalue weighted by molar-refractivity contribution is 0.0635. The maximum Gasteiger partial charge on any atom is 0.0474 e. The minimum Gasteiger partial charge on any atom is -0.329 e. The summed E-state index contributed by atoms with van der Waals surface area (Å²) in [5.74, 6) is 0. The Hall–Kier alpha value is -0.420. The van der Waals surface area contributed by atoms with Gasteiger partial charge in [0.15, 0.2) is 0 Å². The molecule has 1 saturated heterocycles. The minimum absolute atomic E-state index is 0.329. The quantitative estimate of drug-likeness (QED) is 0.926. The summed E-state index contributed by atoms with van der Waals surface area (Å²) in [6, 6.07) is 7.46. The molecule has 2 unspecified atom stereocenters. The molecule has 0 amide bonds. The van der Waals surface area contributed by atoms with Crippen molar-refractivity contribution < 1.29 is 0 Å². The van der Waals surface area contributed by atoms with Crippen LogP contribution in [-0.2, 0) is 0 Å². The lowest BCUT2D eigenvalue weighted by Gasteiger charge is -2.42. The second-order valence-corrected chi connectivity index (χ2v) is 6.46. The molecule has 0 spiro atoms. The molecule has 2 atom stereocenters. The number of piperazine rings is 1. The van der Waals surface area contributed by atoms with E-state index in [1.165, 1.54) is 15.6 Å². The molecular formula is C15H24BrN3. The molecule has 2 rings (SSSR count).